The van der Waals surface area contributed by atoms with Crippen LogP contribution in [0, 0.1) is 0 Å². The summed E-state index contributed by atoms with van der Waals surface area (Å²) in [5.74, 6) is 0. The van der Waals surface area contributed by atoms with Gasteiger partial charge in [-0.25, -0.2) is 0 Å². The van der Waals surface area contributed by atoms with Crippen LogP contribution in [0.2, 0.25) is 0 Å². The van der Waals surface area contributed by atoms with E-state index in [0.717, 1.165) is 36.8 Å². The quantitative estimate of drug-likeness (QED) is 0.148. The van der Waals surface area contributed by atoms with Gasteiger partial charge in [0.2, 0.25) is 0 Å². The number of rotatable bonds is 0. The first-order chi connectivity index (χ1) is 32.7. The number of para-hydroxylation sites is 2. The maximum absolute atomic E-state index is 5.65. The maximum Gasteiger partial charge on any atom is 0.135 e. The lowest BCUT2D eigenvalue weighted by atomic mass is 9.86. The number of fused-ring (bicyclic) bond motifs is 14. The van der Waals surface area contributed by atoms with Crippen LogP contribution in [0.5, 0.6) is 0 Å². The van der Waals surface area contributed by atoms with E-state index < -0.39 is 0 Å². The Bertz CT molecular complexity index is 3150. The van der Waals surface area contributed by atoms with Crippen molar-refractivity contribution in [2.24, 2.45) is 0 Å². The first-order valence-corrected chi connectivity index (χ1v) is 23.7. The van der Waals surface area contributed by atoms with E-state index in [2.05, 4.69) is 206 Å². The molecule has 0 bridgehead atoms. The highest BCUT2D eigenvalue weighted by atomic mass is 32.1. The maximum atomic E-state index is 5.65. The molecule has 0 atom stereocenters. The Morgan fingerprint density at radius 1 is 0.227 bits per heavy atom. The second-order valence-electron chi connectivity index (χ2n) is 17.1. The van der Waals surface area contributed by atoms with Crippen LogP contribution in [0.1, 0.15) is 44.5 Å². The Balaban J connectivity index is 0.0000000912. The summed E-state index contributed by atoms with van der Waals surface area (Å²) < 4.78 is 8.41. The van der Waals surface area contributed by atoms with Gasteiger partial charge in [0.05, 0.1) is 0 Å². The minimum atomic E-state index is 0.962. The van der Waals surface area contributed by atoms with Gasteiger partial charge in [0.25, 0.3) is 0 Å². The summed E-state index contributed by atoms with van der Waals surface area (Å²) >= 11 is 1.86. The van der Waals surface area contributed by atoms with Crippen molar-refractivity contribution in [2.75, 3.05) is 0 Å². The van der Waals surface area contributed by atoms with Crippen LogP contribution >= 0.6 is 11.3 Å². The molecular weight excluding hydrogens is 817 g/mol. The molecule has 316 valence electrons. The number of thiophene rings is 1. The summed E-state index contributed by atoms with van der Waals surface area (Å²) in [7, 11) is 0. The zero-order valence-corrected chi connectivity index (χ0v) is 37.6. The zero-order chi connectivity index (χ0) is 44.1. The molecule has 0 saturated heterocycles. The van der Waals surface area contributed by atoms with Crippen molar-refractivity contribution in [2.45, 2.75) is 25.7 Å². The molecule has 1 nitrogen and oxygen atoms in total. The van der Waals surface area contributed by atoms with Crippen molar-refractivity contribution < 1.29 is 4.42 Å². The molecule has 2 aromatic heterocycles. The standard InChI is InChI=1S/C14H12.2C13H10.C12H8O.C12H8S/c1-2-6-12-10-14-8-4-3-7-13(14)9-11(12)5-1;2*1-3-7-12-10(5-1)9-11-6-2-4-8-13(11)12;2*1-3-7-11-9(5-1)10-6-2-4-8-12(10)13-11/h1-8H,9-10H2;2*1-8H,9H2;2*1-8H. The van der Waals surface area contributed by atoms with E-state index in [4.69, 9.17) is 4.42 Å². The lowest BCUT2D eigenvalue weighted by molar-refractivity contribution is 0.669. The molecule has 0 aliphatic heterocycles. The van der Waals surface area contributed by atoms with Crippen LogP contribution in [0.4, 0.5) is 0 Å². The lowest BCUT2D eigenvalue weighted by Gasteiger charge is -2.18. The van der Waals surface area contributed by atoms with E-state index in [-0.39, 0.29) is 0 Å². The van der Waals surface area contributed by atoms with E-state index in [9.17, 15) is 0 Å². The van der Waals surface area contributed by atoms with Crippen LogP contribution in [0.15, 0.2) is 247 Å². The average molecular weight is 865 g/mol. The number of benzene rings is 10. The molecular formula is C64H48OS. The van der Waals surface area contributed by atoms with Crippen LogP contribution < -0.4 is 0 Å². The molecule has 2 heterocycles. The molecule has 0 fully saturated rings. The van der Waals surface area contributed by atoms with E-state index in [1.807, 2.05) is 47.7 Å². The van der Waals surface area contributed by atoms with Gasteiger partial charge in [0.15, 0.2) is 0 Å². The molecule has 2 heteroatoms. The van der Waals surface area contributed by atoms with Crippen LogP contribution in [0.3, 0.4) is 0 Å². The third-order valence-corrected chi connectivity index (χ3v) is 14.1. The summed E-state index contributed by atoms with van der Waals surface area (Å²) in [5, 5.41) is 5.14. The summed E-state index contributed by atoms with van der Waals surface area (Å²) in [6, 6.07) is 85.4. The molecule has 0 N–H and O–H groups in total. The topological polar surface area (TPSA) is 13.1 Å². The van der Waals surface area contributed by atoms with Crippen LogP contribution in [0.25, 0.3) is 64.4 Å². The van der Waals surface area contributed by atoms with Gasteiger partial charge in [-0.2, -0.15) is 0 Å². The SMILES string of the molecule is c1ccc2c(c1)Cc1ccccc1-2.c1ccc2c(c1)Cc1ccccc1-2.c1ccc2c(c1)Cc1ccccc1C2.c1ccc2c(c1)oc1ccccc12.c1ccc2c(c1)sc1ccccc12. The van der Waals surface area contributed by atoms with Gasteiger partial charge in [-0.15, -0.1) is 11.3 Å². The third-order valence-electron chi connectivity index (χ3n) is 13.0. The van der Waals surface area contributed by atoms with Gasteiger partial charge in [-0.05, 0) is 117 Å². The van der Waals surface area contributed by atoms with E-state index >= 15 is 0 Å². The van der Waals surface area contributed by atoms with Gasteiger partial charge in [-0.1, -0.05) is 218 Å². The fraction of sp³-hybridized carbons (Fsp3) is 0.0625. The van der Waals surface area contributed by atoms with E-state index in [0.29, 0.717) is 0 Å². The van der Waals surface area contributed by atoms with Crippen molar-refractivity contribution >= 4 is 53.4 Å². The van der Waals surface area contributed by atoms with Crippen molar-refractivity contribution in [3.63, 3.8) is 0 Å². The van der Waals surface area contributed by atoms with Crippen LogP contribution in [-0.4, -0.2) is 0 Å². The molecule has 0 radical (unpaired) electrons. The smallest absolute Gasteiger partial charge is 0.135 e. The second kappa shape index (κ2) is 18.7. The first kappa shape index (κ1) is 41.0. The second-order valence-corrected chi connectivity index (χ2v) is 18.1. The normalized spacial score (nSPS) is 12.0. The van der Waals surface area contributed by atoms with Crippen LogP contribution in [-0.2, 0) is 25.7 Å². The molecule has 10 aromatic carbocycles. The molecule has 15 rings (SSSR count). The Hall–Kier alpha value is -7.78. The number of hydrogen-bond acceptors (Lipinski definition) is 2. The summed E-state index contributed by atoms with van der Waals surface area (Å²) in [6.07, 6.45) is 4.41. The van der Waals surface area contributed by atoms with Gasteiger partial charge >= 0.3 is 0 Å². The first-order valence-electron chi connectivity index (χ1n) is 22.9. The van der Waals surface area contributed by atoms with E-state index in [1.165, 1.54) is 97.7 Å². The number of furan rings is 1. The molecule has 0 unspecified atom stereocenters. The fourth-order valence-corrected chi connectivity index (χ4v) is 10.8. The average Bonchev–Trinajstić information content (AvgIpc) is 4.17. The largest absolute Gasteiger partial charge is 0.456 e. The monoisotopic (exact) mass is 864 g/mol. The highest BCUT2D eigenvalue weighted by Gasteiger charge is 2.17. The molecule has 0 saturated carbocycles. The zero-order valence-electron chi connectivity index (χ0n) is 36.7. The predicted octanol–water partition coefficient (Wildman–Crippen LogP) is 17.3. The van der Waals surface area contributed by atoms with E-state index in [1.54, 1.807) is 0 Å². The van der Waals surface area contributed by atoms with Crippen molar-refractivity contribution in [3.8, 4) is 22.3 Å². The van der Waals surface area contributed by atoms with Crippen molar-refractivity contribution in [3.05, 3.63) is 287 Å². The fourth-order valence-electron chi connectivity index (χ4n) is 9.72. The minimum Gasteiger partial charge on any atom is -0.456 e. The molecule has 0 spiro atoms. The summed E-state index contributed by atoms with van der Waals surface area (Å²) in [4.78, 5) is 0. The highest BCUT2D eigenvalue weighted by Crippen LogP contribution is 2.37. The highest BCUT2D eigenvalue weighted by molar-refractivity contribution is 7.25. The third kappa shape index (κ3) is 8.48. The minimum absolute atomic E-state index is 0.962. The Morgan fingerprint density at radius 2 is 0.470 bits per heavy atom. The molecule has 0 amide bonds. The lowest BCUT2D eigenvalue weighted by Crippen LogP contribution is -2.06. The van der Waals surface area contributed by atoms with Gasteiger partial charge in [0.1, 0.15) is 11.2 Å². The number of hydrogen-bond donors (Lipinski definition) is 0. The Kier molecular flexibility index (Phi) is 11.6. The molecule has 12 aromatic rings. The van der Waals surface area contributed by atoms with Gasteiger partial charge < -0.3 is 4.42 Å². The van der Waals surface area contributed by atoms with Crippen molar-refractivity contribution in [1.29, 1.82) is 0 Å². The summed E-state index contributed by atoms with van der Waals surface area (Å²) in [6.45, 7) is 0. The molecule has 3 aliphatic rings. The summed E-state index contributed by atoms with van der Waals surface area (Å²) in [5.41, 5.74) is 19.4. The molecule has 3 aliphatic carbocycles. The van der Waals surface area contributed by atoms with Gasteiger partial charge in [0, 0.05) is 30.9 Å². The molecule has 66 heavy (non-hydrogen) atoms. The predicted molar refractivity (Wildman–Crippen MR) is 281 cm³/mol. The Morgan fingerprint density at radius 3 is 0.818 bits per heavy atom. The van der Waals surface area contributed by atoms with Crippen molar-refractivity contribution in [1.82, 2.24) is 0 Å². The van der Waals surface area contributed by atoms with Gasteiger partial charge in [-0.3, -0.25) is 0 Å². The Labute approximate surface area is 390 Å².